The molecule has 2 aromatic carbocycles. The standard InChI is InChI=1S/C20H24N2O2/c1-15(20(23)22-14-18-8-5-13-21-18)24-19-11-9-17(10-12-19)16-6-3-2-4-7-16/h2-4,6-7,9-12,15,18,21H,5,8,13-14H2,1H3,(H,22,23). The molecule has 126 valence electrons. The third-order valence-corrected chi connectivity index (χ3v) is 4.33. The Morgan fingerprint density at radius 3 is 2.54 bits per heavy atom. The summed E-state index contributed by atoms with van der Waals surface area (Å²) in [5.74, 6) is 0.632. The molecule has 2 unspecified atom stereocenters. The van der Waals surface area contributed by atoms with E-state index in [1.54, 1.807) is 6.92 Å². The van der Waals surface area contributed by atoms with Crippen LogP contribution in [0.2, 0.25) is 0 Å². The number of ether oxygens (including phenoxy) is 1. The minimum atomic E-state index is -0.506. The predicted molar refractivity (Wildman–Crippen MR) is 96.0 cm³/mol. The average Bonchev–Trinajstić information content (AvgIpc) is 3.14. The molecule has 0 radical (unpaired) electrons. The maximum absolute atomic E-state index is 12.1. The third-order valence-electron chi connectivity index (χ3n) is 4.33. The fourth-order valence-corrected chi connectivity index (χ4v) is 2.91. The van der Waals surface area contributed by atoms with Gasteiger partial charge < -0.3 is 15.4 Å². The summed E-state index contributed by atoms with van der Waals surface area (Å²) in [7, 11) is 0. The van der Waals surface area contributed by atoms with Crippen molar-refractivity contribution in [2.45, 2.75) is 31.9 Å². The highest BCUT2D eigenvalue weighted by Crippen LogP contribution is 2.22. The molecule has 3 rings (SSSR count). The number of benzene rings is 2. The Balaban J connectivity index is 1.52. The molecule has 1 amide bonds. The van der Waals surface area contributed by atoms with Gasteiger partial charge in [-0.15, -0.1) is 0 Å². The molecule has 4 nitrogen and oxygen atoms in total. The summed E-state index contributed by atoms with van der Waals surface area (Å²) in [5, 5.41) is 6.32. The van der Waals surface area contributed by atoms with Crippen molar-refractivity contribution in [1.82, 2.24) is 10.6 Å². The van der Waals surface area contributed by atoms with Gasteiger partial charge in [0, 0.05) is 12.6 Å². The normalized spacial score (nSPS) is 18.1. The molecule has 24 heavy (non-hydrogen) atoms. The number of carbonyl (C=O) groups excluding carboxylic acids is 1. The lowest BCUT2D eigenvalue weighted by Crippen LogP contribution is -2.42. The highest BCUT2D eigenvalue weighted by atomic mass is 16.5. The molecule has 4 heteroatoms. The largest absolute Gasteiger partial charge is 0.481 e. The van der Waals surface area contributed by atoms with Crippen molar-refractivity contribution in [2.75, 3.05) is 13.1 Å². The van der Waals surface area contributed by atoms with Crippen LogP contribution in [0.4, 0.5) is 0 Å². The molecule has 1 aliphatic rings. The zero-order valence-corrected chi connectivity index (χ0v) is 14.0. The molecule has 0 saturated carbocycles. The van der Waals surface area contributed by atoms with E-state index in [-0.39, 0.29) is 5.91 Å². The second-order valence-electron chi connectivity index (χ2n) is 6.19. The lowest BCUT2D eigenvalue weighted by molar-refractivity contribution is -0.127. The molecule has 2 N–H and O–H groups in total. The van der Waals surface area contributed by atoms with Crippen molar-refractivity contribution in [3.63, 3.8) is 0 Å². The average molecular weight is 324 g/mol. The highest BCUT2D eigenvalue weighted by molar-refractivity contribution is 5.80. The number of amides is 1. The van der Waals surface area contributed by atoms with Crippen molar-refractivity contribution in [3.05, 3.63) is 54.6 Å². The second kappa shape index (κ2) is 7.97. The van der Waals surface area contributed by atoms with Gasteiger partial charge in [0.15, 0.2) is 6.10 Å². The molecular weight excluding hydrogens is 300 g/mol. The van der Waals surface area contributed by atoms with Crippen LogP contribution in [0.15, 0.2) is 54.6 Å². The van der Waals surface area contributed by atoms with Crippen LogP contribution in [0, 0.1) is 0 Å². The van der Waals surface area contributed by atoms with Crippen LogP contribution in [0.5, 0.6) is 5.75 Å². The lowest BCUT2D eigenvalue weighted by atomic mass is 10.1. The van der Waals surface area contributed by atoms with Crippen molar-refractivity contribution in [1.29, 1.82) is 0 Å². The quantitative estimate of drug-likeness (QED) is 0.859. The molecule has 1 heterocycles. The minimum absolute atomic E-state index is 0.0733. The monoisotopic (exact) mass is 324 g/mol. The molecular formula is C20H24N2O2. The van der Waals surface area contributed by atoms with Gasteiger partial charge in [0.05, 0.1) is 0 Å². The first kappa shape index (κ1) is 16.5. The van der Waals surface area contributed by atoms with Crippen LogP contribution in [-0.2, 0) is 4.79 Å². The number of hydrogen-bond acceptors (Lipinski definition) is 3. The molecule has 0 spiro atoms. The maximum atomic E-state index is 12.1. The summed E-state index contributed by atoms with van der Waals surface area (Å²) in [6.07, 6.45) is 1.80. The van der Waals surface area contributed by atoms with E-state index in [1.165, 1.54) is 12.0 Å². The lowest BCUT2D eigenvalue weighted by Gasteiger charge is -2.17. The maximum Gasteiger partial charge on any atom is 0.260 e. The molecule has 2 atom stereocenters. The Labute approximate surface area is 143 Å². The zero-order chi connectivity index (χ0) is 16.8. The first-order valence-corrected chi connectivity index (χ1v) is 8.55. The van der Waals surface area contributed by atoms with Gasteiger partial charge in [-0.2, -0.15) is 0 Å². The minimum Gasteiger partial charge on any atom is -0.481 e. The summed E-state index contributed by atoms with van der Waals surface area (Å²) >= 11 is 0. The van der Waals surface area contributed by atoms with Crippen molar-refractivity contribution < 1.29 is 9.53 Å². The summed E-state index contributed by atoms with van der Waals surface area (Å²) in [5.41, 5.74) is 2.30. The molecule has 1 fully saturated rings. The van der Waals surface area contributed by atoms with Gasteiger partial charge in [0.25, 0.3) is 5.91 Å². The SMILES string of the molecule is CC(Oc1ccc(-c2ccccc2)cc1)C(=O)NCC1CCCN1. The Morgan fingerprint density at radius 1 is 1.17 bits per heavy atom. The van der Waals surface area contributed by atoms with E-state index < -0.39 is 6.10 Å². The van der Waals surface area contributed by atoms with Crippen LogP contribution in [-0.4, -0.2) is 31.1 Å². The van der Waals surface area contributed by atoms with Gasteiger partial charge in [-0.3, -0.25) is 4.79 Å². The molecule has 0 bridgehead atoms. The van der Waals surface area contributed by atoms with Gasteiger partial charge in [0.1, 0.15) is 5.75 Å². The number of carbonyl (C=O) groups is 1. The van der Waals surface area contributed by atoms with Gasteiger partial charge in [-0.1, -0.05) is 42.5 Å². The van der Waals surface area contributed by atoms with Crippen LogP contribution < -0.4 is 15.4 Å². The second-order valence-corrected chi connectivity index (χ2v) is 6.19. The van der Waals surface area contributed by atoms with Gasteiger partial charge in [-0.25, -0.2) is 0 Å². The van der Waals surface area contributed by atoms with Gasteiger partial charge in [0.2, 0.25) is 0 Å². The van der Waals surface area contributed by atoms with Gasteiger partial charge >= 0.3 is 0 Å². The smallest absolute Gasteiger partial charge is 0.260 e. The summed E-state index contributed by atoms with van der Waals surface area (Å²) in [4.78, 5) is 12.1. The molecule has 0 aliphatic carbocycles. The van der Waals surface area contributed by atoms with E-state index in [0.717, 1.165) is 18.5 Å². The van der Waals surface area contributed by atoms with E-state index >= 15 is 0 Å². The third kappa shape index (κ3) is 4.36. The number of nitrogens with one attached hydrogen (secondary N) is 2. The number of hydrogen-bond donors (Lipinski definition) is 2. The first-order chi connectivity index (χ1) is 11.7. The Bertz CT molecular complexity index is 649. The van der Waals surface area contributed by atoms with E-state index in [2.05, 4.69) is 22.8 Å². The van der Waals surface area contributed by atoms with Crippen LogP contribution in [0.3, 0.4) is 0 Å². The summed E-state index contributed by atoms with van der Waals surface area (Å²) < 4.78 is 5.75. The molecule has 2 aromatic rings. The molecule has 1 aliphatic heterocycles. The Kier molecular flexibility index (Phi) is 5.49. The topological polar surface area (TPSA) is 50.4 Å². The van der Waals surface area contributed by atoms with Crippen LogP contribution in [0.1, 0.15) is 19.8 Å². The number of rotatable bonds is 6. The molecule has 1 saturated heterocycles. The first-order valence-electron chi connectivity index (χ1n) is 8.55. The summed E-state index contributed by atoms with van der Waals surface area (Å²) in [6, 6.07) is 18.4. The highest BCUT2D eigenvalue weighted by Gasteiger charge is 2.18. The van der Waals surface area contributed by atoms with E-state index in [4.69, 9.17) is 4.74 Å². The fourth-order valence-electron chi connectivity index (χ4n) is 2.91. The van der Waals surface area contributed by atoms with Crippen molar-refractivity contribution in [3.8, 4) is 16.9 Å². The van der Waals surface area contributed by atoms with Crippen LogP contribution >= 0.6 is 0 Å². The summed E-state index contributed by atoms with van der Waals surface area (Å²) in [6.45, 7) is 3.49. The fraction of sp³-hybridized carbons (Fsp3) is 0.350. The van der Waals surface area contributed by atoms with Crippen molar-refractivity contribution in [2.24, 2.45) is 0 Å². The zero-order valence-electron chi connectivity index (χ0n) is 14.0. The van der Waals surface area contributed by atoms with Crippen LogP contribution in [0.25, 0.3) is 11.1 Å². The predicted octanol–water partition coefficient (Wildman–Crippen LogP) is 2.99. The van der Waals surface area contributed by atoms with Gasteiger partial charge in [-0.05, 0) is 49.6 Å². The Hall–Kier alpha value is -2.33. The molecule has 0 aromatic heterocycles. The Morgan fingerprint density at radius 2 is 1.88 bits per heavy atom. The van der Waals surface area contributed by atoms with E-state index in [1.807, 2.05) is 42.5 Å². The van der Waals surface area contributed by atoms with E-state index in [0.29, 0.717) is 18.3 Å². The van der Waals surface area contributed by atoms with Crippen molar-refractivity contribution >= 4 is 5.91 Å². The van der Waals surface area contributed by atoms with E-state index in [9.17, 15) is 4.79 Å².